The molecule has 3 aromatic carbocycles. The molecule has 0 bridgehead atoms. The molecular formula is C29H27NO5. The van der Waals surface area contributed by atoms with Crippen LogP contribution in [0.25, 0.3) is 43.8 Å². The molecule has 0 saturated carbocycles. The number of hydrogen-bond acceptors (Lipinski definition) is 5. The summed E-state index contributed by atoms with van der Waals surface area (Å²) in [5, 5.41) is 16.4. The molecule has 178 valence electrons. The van der Waals surface area contributed by atoms with Gasteiger partial charge in [0.2, 0.25) is 5.91 Å². The van der Waals surface area contributed by atoms with E-state index < -0.39 is 11.7 Å². The van der Waals surface area contributed by atoms with Crippen molar-refractivity contribution in [2.24, 2.45) is 0 Å². The van der Waals surface area contributed by atoms with Gasteiger partial charge in [0.25, 0.3) is 0 Å². The van der Waals surface area contributed by atoms with Crippen molar-refractivity contribution in [3.63, 3.8) is 0 Å². The van der Waals surface area contributed by atoms with Gasteiger partial charge in [-0.05, 0) is 53.8 Å². The van der Waals surface area contributed by atoms with Crippen LogP contribution in [0.15, 0.2) is 74.5 Å². The van der Waals surface area contributed by atoms with Crippen molar-refractivity contribution >= 4 is 38.6 Å². The van der Waals surface area contributed by atoms with E-state index in [0.717, 1.165) is 32.8 Å². The lowest BCUT2D eigenvalue weighted by molar-refractivity contribution is -0.121. The minimum absolute atomic E-state index is 0.143. The highest BCUT2D eigenvalue weighted by Crippen LogP contribution is 2.35. The molecule has 2 N–H and O–H groups in total. The number of carbonyl (C=O) groups excluding carboxylic acids is 1. The number of rotatable bonds is 7. The van der Waals surface area contributed by atoms with Crippen LogP contribution in [0.4, 0.5) is 0 Å². The van der Waals surface area contributed by atoms with E-state index in [1.165, 1.54) is 5.39 Å². The summed E-state index contributed by atoms with van der Waals surface area (Å²) in [4.78, 5) is 24.9. The fraction of sp³-hybridized carbons (Fsp3) is 0.241. The summed E-state index contributed by atoms with van der Waals surface area (Å²) < 4.78 is 11.4. The molecule has 0 saturated heterocycles. The molecule has 6 heteroatoms. The average Bonchev–Trinajstić information content (AvgIpc) is 3.28. The summed E-state index contributed by atoms with van der Waals surface area (Å²) in [6, 6.07) is 18.3. The Labute approximate surface area is 202 Å². The second kappa shape index (κ2) is 9.39. The predicted molar refractivity (Wildman–Crippen MR) is 138 cm³/mol. The zero-order valence-corrected chi connectivity index (χ0v) is 19.8. The van der Waals surface area contributed by atoms with E-state index in [9.17, 15) is 14.7 Å². The van der Waals surface area contributed by atoms with Gasteiger partial charge in [0.15, 0.2) is 0 Å². The zero-order chi connectivity index (χ0) is 24.5. The Morgan fingerprint density at radius 3 is 2.63 bits per heavy atom. The van der Waals surface area contributed by atoms with Crippen LogP contribution in [0.3, 0.4) is 0 Å². The number of amides is 1. The van der Waals surface area contributed by atoms with Gasteiger partial charge in [-0.3, -0.25) is 4.79 Å². The van der Waals surface area contributed by atoms with E-state index in [2.05, 4.69) is 35.6 Å². The van der Waals surface area contributed by atoms with E-state index >= 15 is 0 Å². The topological polar surface area (TPSA) is 92.7 Å². The number of hydrogen-bond donors (Lipinski definition) is 2. The third-order valence-corrected chi connectivity index (χ3v) is 6.65. The highest BCUT2D eigenvalue weighted by atomic mass is 16.4. The number of carbonyl (C=O) groups is 1. The summed E-state index contributed by atoms with van der Waals surface area (Å²) in [7, 11) is 0. The Morgan fingerprint density at radius 2 is 1.83 bits per heavy atom. The lowest BCUT2D eigenvalue weighted by atomic mass is 9.97. The first-order chi connectivity index (χ1) is 16.9. The molecule has 2 heterocycles. The molecule has 5 aromatic rings. The first-order valence-electron chi connectivity index (χ1n) is 11.9. The lowest BCUT2D eigenvalue weighted by Gasteiger charge is -2.11. The van der Waals surface area contributed by atoms with E-state index in [4.69, 9.17) is 8.83 Å². The van der Waals surface area contributed by atoms with Gasteiger partial charge in [0.1, 0.15) is 11.2 Å². The van der Waals surface area contributed by atoms with Gasteiger partial charge >= 0.3 is 5.63 Å². The molecular weight excluding hydrogens is 442 g/mol. The van der Waals surface area contributed by atoms with Crippen molar-refractivity contribution in [2.75, 3.05) is 6.54 Å². The van der Waals surface area contributed by atoms with Gasteiger partial charge < -0.3 is 19.3 Å². The van der Waals surface area contributed by atoms with E-state index in [1.807, 2.05) is 32.0 Å². The average molecular weight is 470 g/mol. The van der Waals surface area contributed by atoms with Gasteiger partial charge in [0.05, 0.1) is 12.4 Å². The minimum atomic E-state index is -0.569. The zero-order valence-electron chi connectivity index (χ0n) is 19.8. The Balaban J connectivity index is 1.50. The number of aryl methyl sites for hydroxylation is 1. The monoisotopic (exact) mass is 469 g/mol. The largest absolute Gasteiger partial charge is 0.464 e. The summed E-state index contributed by atoms with van der Waals surface area (Å²) in [5.74, 6) is -0.208. The Hall–Kier alpha value is -3.90. The second-order valence-corrected chi connectivity index (χ2v) is 8.92. The molecule has 2 aromatic heterocycles. The van der Waals surface area contributed by atoms with Crippen LogP contribution in [-0.4, -0.2) is 23.7 Å². The van der Waals surface area contributed by atoms with E-state index in [1.54, 1.807) is 12.3 Å². The van der Waals surface area contributed by atoms with Crippen molar-refractivity contribution in [3.05, 3.63) is 82.4 Å². The highest BCUT2D eigenvalue weighted by Gasteiger charge is 2.17. The van der Waals surface area contributed by atoms with E-state index in [-0.39, 0.29) is 25.3 Å². The molecule has 5 rings (SSSR count). The first kappa shape index (κ1) is 22.9. The standard InChI is InChI=1S/C29H27NO5/c1-3-21(31)15-30-28(32)11-10-22-17(2)23-13-24-25(16-34-26(24)14-27(23)35-29(22)33)20-9-8-18-6-4-5-7-19(18)12-20/h4-9,12-14,16,21,31H,3,10-11,15H2,1-2H3,(H,30,32). The van der Waals surface area contributed by atoms with Gasteiger partial charge in [0, 0.05) is 40.9 Å². The summed E-state index contributed by atoms with van der Waals surface area (Å²) in [6.45, 7) is 3.94. The maximum Gasteiger partial charge on any atom is 0.339 e. The molecule has 0 aliphatic carbocycles. The number of nitrogens with one attached hydrogen (secondary N) is 1. The van der Waals surface area contributed by atoms with Gasteiger partial charge in [-0.2, -0.15) is 0 Å². The van der Waals surface area contributed by atoms with Crippen LogP contribution in [0.2, 0.25) is 0 Å². The Morgan fingerprint density at radius 1 is 1.03 bits per heavy atom. The third-order valence-electron chi connectivity index (χ3n) is 6.65. The predicted octanol–water partition coefficient (Wildman–Crippen LogP) is 5.49. The SMILES string of the molecule is CCC(O)CNC(=O)CCc1c(C)c2cc3c(-c4ccc5ccccc5c4)coc3cc2oc1=O. The van der Waals surface area contributed by atoms with Crippen molar-refractivity contribution in [2.45, 2.75) is 39.2 Å². The summed E-state index contributed by atoms with van der Waals surface area (Å²) in [6.07, 6.45) is 2.14. The molecule has 0 radical (unpaired) electrons. The molecule has 1 amide bonds. The van der Waals surface area contributed by atoms with Crippen LogP contribution in [-0.2, 0) is 11.2 Å². The fourth-order valence-electron chi connectivity index (χ4n) is 4.48. The maximum absolute atomic E-state index is 12.7. The molecule has 0 aliphatic heterocycles. The minimum Gasteiger partial charge on any atom is -0.464 e. The van der Waals surface area contributed by atoms with Crippen LogP contribution < -0.4 is 10.9 Å². The fourth-order valence-corrected chi connectivity index (χ4v) is 4.48. The van der Waals surface area contributed by atoms with Crippen LogP contribution >= 0.6 is 0 Å². The molecule has 6 nitrogen and oxygen atoms in total. The highest BCUT2D eigenvalue weighted by molar-refractivity contribution is 6.03. The second-order valence-electron chi connectivity index (χ2n) is 8.92. The number of benzene rings is 3. The van der Waals surface area contributed by atoms with Gasteiger partial charge in [-0.25, -0.2) is 4.79 Å². The number of furan rings is 1. The van der Waals surface area contributed by atoms with Crippen LogP contribution in [0.1, 0.15) is 30.9 Å². The van der Waals surface area contributed by atoms with Crippen molar-refractivity contribution in [1.82, 2.24) is 5.32 Å². The molecule has 1 atom stereocenters. The Bertz CT molecular complexity index is 1610. The first-order valence-corrected chi connectivity index (χ1v) is 11.9. The van der Waals surface area contributed by atoms with Gasteiger partial charge in [-0.1, -0.05) is 43.3 Å². The van der Waals surface area contributed by atoms with Crippen LogP contribution in [0, 0.1) is 6.92 Å². The smallest absolute Gasteiger partial charge is 0.339 e. The van der Waals surface area contributed by atoms with Crippen LogP contribution in [0.5, 0.6) is 0 Å². The molecule has 35 heavy (non-hydrogen) atoms. The lowest BCUT2D eigenvalue weighted by Crippen LogP contribution is -2.32. The third kappa shape index (κ3) is 4.45. The van der Waals surface area contributed by atoms with Crippen molar-refractivity contribution in [1.29, 1.82) is 0 Å². The van der Waals surface area contributed by atoms with E-state index in [0.29, 0.717) is 23.2 Å². The summed E-state index contributed by atoms with van der Waals surface area (Å²) >= 11 is 0. The molecule has 1 unspecified atom stereocenters. The normalized spacial score (nSPS) is 12.4. The van der Waals surface area contributed by atoms with Crippen molar-refractivity contribution in [3.8, 4) is 11.1 Å². The molecule has 0 aliphatic rings. The summed E-state index contributed by atoms with van der Waals surface area (Å²) in [5.41, 5.74) is 3.95. The number of aliphatic hydroxyl groups is 1. The van der Waals surface area contributed by atoms with Gasteiger partial charge in [-0.15, -0.1) is 0 Å². The maximum atomic E-state index is 12.7. The van der Waals surface area contributed by atoms with Crippen molar-refractivity contribution < 1.29 is 18.7 Å². The molecule has 0 fully saturated rings. The number of aliphatic hydroxyl groups excluding tert-OH is 1. The molecule has 0 spiro atoms. The quantitative estimate of drug-likeness (QED) is 0.308. The number of fused-ring (bicyclic) bond motifs is 3. The Kier molecular flexibility index (Phi) is 6.14.